The predicted molar refractivity (Wildman–Crippen MR) is 126 cm³/mol. The smallest absolute Gasteiger partial charge is 0.251 e. The number of aromatic nitrogens is 2. The fraction of sp³-hybridized carbons (Fsp3) is 0.179. The second-order valence-electron chi connectivity index (χ2n) is 8.46. The Balaban J connectivity index is 1.48. The van der Waals surface area contributed by atoms with Gasteiger partial charge in [0, 0.05) is 42.3 Å². The van der Waals surface area contributed by atoms with Crippen molar-refractivity contribution in [3.8, 4) is 11.1 Å². The van der Waals surface area contributed by atoms with Crippen molar-refractivity contribution in [1.82, 2.24) is 15.3 Å². The van der Waals surface area contributed by atoms with Crippen LogP contribution in [0.4, 0.5) is 4.39 Å². The second kappa shape index (κ2) is 9.33. The highest BCUT2D eigenvalue weighted by molar-refractivity contribution is 5.95. The third-order valence-electron chi connectivity index (χ3n) is 6.04. The van der Waals surface area contributed by atoms with Gasteiger partial charge < -0.3 is 5.32 Å². The molecule has 1 fully saturated rings. The van der Waals surface area contributed by atoms with Gasteiger partial charge in [0.05, 0.1) is 0 Å². The van der Waals surface area contributed by atoms with Crippen LogP contribution in [0.5, 0.6) is 0 Å². The molecule has 0 saturated heterocycles. The zero-order valence-electron chi connectivity index (χ0n) is 18.1. The molecule has 0 bridgehead atoms. The molecule has 0 spiro atoms. The molecule has 1 saturated carbocycles. The SMILES string of the molecule is O=C(NC1CC1)c1ccc(-c2cc(F)ccc2CC(c2cccnc2)c2cccnc2)cc1. The van der Waals surface area contributed by atoms with Gasteiger partial charge in [-0.1, -0.05) is 30.3 Å². The predicted octanol–water partition coefficient (Wildman–Crippen LogP) is 5.55. The van der Waals surface area contributed by atoms with E-state index in [1.807, 2.05) is 42.7 Å². The highest BCUT2D eigenvalue weighted by Gasteiger charge is 2.24. The average Bonchev–Trinajstić information content (AvgIpc) is 3.68. The summed E-state index contributed by atoms with van der Waals surface area (Å²) < 4.78 is 14.3. The van der Waals surface area contributed by atoms with E-state index in [1.165, 1.54) is 6.07 Å². The Kier molecular flexibility index (Phi) is 5.94. The van der Waals surface area contributed by atoms with Gasteiger partial charge in [-0.05, 0) is 83.5 Å². The summed E-state index contributed by atoms with van der Waals surface area (Å²) in [4.78, 5) is 20.9. The maximum Gasteiger partial charge on any atom is 0.251 e. The minimum atomic E-state index is -0.288. The Morgan fingerprint density at radius 2 is 1.61 bits per heavy atom. The molecular weight excluding hydrogens is 413 g/mol. The van der Waals surface area contributed by atoms with Crippen LogP contribution in [0.25, 0.3) is 11.1 Å². The number of pyridine rings is 2. The van der Waals surface area contributed by atoms with E-state index < -0.39 is 0 Å². The number of carbonyl (C=O) groups is 1. The Labute approximate surface area is 192 Å². The number of halogens is 1. The summed E-state index contributed by atoms with van der Waals surface area (Å²) in [5.74, 6) is -0.319. The molecule has 2 heterocycles. The van der Waals surface area contributed by atoms with Crippen molar-refractivity contribution < 1.29 is 9.18 Å². The molecule has 0 radical (unpaired) electrons. The van der Waals surface area contributed by atoms with Gasteiger partial charge in [0.25, 0.3) is 5.91 Å². The van der Waals surface area contributed by atoms with Gasteiger partial charge in [-0.3, -0.25) is 14.8 Å². The van der Waals surface area contributed by atoms with E-state index in [0.29, 0.717) is 18.0 Å². The Bertz CT molecular complexity index is 1200. The first-order valence-corrected chi connectivity index (χ1v) is 11.2. The molecule has 1 aliphatic carbocycles. The number of nitrogens with zero attached hydrogens (tertiary/aromatic N) is 2. The topological polar surface area (TPSA) is 54.9 Å². The molecule has 2 aromatic carbocycles. The van der Waals surface area contributed by atoms with Crippen LogP contribution in [0.1, 0.15) is 45.8 Å². The average molecular weight is 438 g/mol. The maximum absolute atomic E-state index is 14.3. The highest BCUT2D eigenvalue weighted by atomic mass is 19.1. The quantitative estimate of drug-likeness (QED) is 0.412. The van der Waals surface area contributed by atoms with Crippen molar-refractivity contribution in [1.29, 1.82) is 0 Å². The highest BCUT2D eigenvalue weighted by Crippen LogP contribution is 2.33. The van der Waals surface area contributed by atoms with Gasteiger partial charge >= 0.3 is 0 Å². The van der Waals surface area contributed by atoms with E-state index in [2.05, 4.69) is 27.4 Å². The van der Waals surface area contributed by atoms with E-state index in [0.717, 1.165) is 40.7 Å². The van der Waals surface area contributed by atoms with Crippen LogP contribution in [0, 0.1) is 5.82 Å². The van der Waals surface area contributed by atoms with Gasteiger partial charge in [0.15, 0.2) is 0 Å². The fourth-order valence-corrected chi connectivity index (χ4v) is 4.11. The van der Waals surface area contributed by atoms with Gasteiger partial charge in [-0.15, -0.1) is 0 Å². The van der Waals surface area contributed by atoms with Gasteiger partial charge in [-0.2, -0.15) is 0 Å². The van der Waals surface area contributed by atoms with Gasteiger partial charge in [0.1, 0.15) is 5.82 Å². The molecule has 4 nitrogen and oxygen atoms in total. The first-order valence-electron chi connectivity index (χ1n) is 11.2. The molecule has 0 unspecified atom stereocenters. The van der Waals surface area contributed by atoms with Crippen LogP contribution in [-0.2, 0) is 6.42 Å². The van der Waals surface area contributed by atoms with Gasteiger partial charge in [-0.25, -0.2) is 4.39 Å². The summed E-state index contributed by atoms with van der Waals surface area (Å²) in [5.41, 5.74) is 5.49. The maximum atomic E-state index is 14.3. The fourth-order valence-electron chi connectivity index (χ4n) is 4.11. The molecule has 1 aliphatic rings. The minimum absolute atomic E-state index is 0.0280. The van der Waals surface area contributed by atoms with Crippen LogP contribution in [0.2, 0.25) is 0 Å². The molecule has 0 aliphatic heterocycles. The summed E-state index contributed by atoms with van der Waals surface area (Å²) >= 11 is 0. The monoisotopic (exact) mass is 437 g/mol. The molecule has 0 atom stereocenters. The Hall–Kier alpha value is -3.86. The summed E-state index contributed by atoms with van der Waals surface area (Å²) in [7, 11) is 0. The van der Waals surface area contributed by atoms with Gasteiger partial charge in [0.2, 0.25) is 0 Å². The molecular formula is C28H24FN3O. The summed E-state index contributed by atoms with van der Waals surface area (Å²) in [6, 6.07) is 20.6. The lowest BCUT2D eigenvalue weighted by atomic mass is 9.85. The molecule has 164 valence electrons. The lowest BCUT2D eigenvalue weighted by Gasteiger charge is -2.20. The molecule has 1 amide bonds. The number of amides is 1. The number of nitrogens with one attached hydrogen (secondary N) is 1. The minimum Gasteiger partial charge on any atom is -0.349 e. The standard InChI is InChI=1S/C28H24FN3O/c29-24-10-9-21(15-26(22-3-1-13-30-17-22)23-4-2-14-31-18-23)27(16-24)19-5-7-20(8-6-19)28(33)32-25-11-12-25/h1-10,13-14,16-18,25-26H,11-12,15H2,(H,32,33). The molecule has 5 rings (SSSR count). The summed E-state index contributed by atoms with van der Waals surface area (Å²) in [6.45, 7) is 0. The number of carbonyl (C=O) groups excluding carboxylic acids is 1. The molecule has 1 N–H and O–H groups in total. The van der Waals surface area contributed by atoms with E-state index in [9.17, 15) is 9.18 Å². The number of hydrogen-bond acceptors (Lipinski definition) is 3. The van der Waals surface area contributed by atoms with Crippen LogP contribution in [0.3, 0.4) is 0 Å². The Morgan fingerprint density at radius 3 is 2.18 bits per heavy atom. The van der Waals surface area contributed by atoms with Crippen molar-refractivity contribution in [2.45, 2.75) is 31.2 Å². The zero-order chi connectivity index (χ0) is 22.6. The van der Waals surface area contributed by atoms with E-state index in [-0.39, 0.29) is 17.6 Å². The third-order valence-corrected chi connectivity index (χ3v) is 6.04. The molecule has 5 heteroatoms. The van der Waals surface area contributed by atoms with E-state index in [4.69, 9.17) is 0 Å². The van der Waals surface area contributed by atoms with Crippen molar-refractivity contribution in [3.05, 3.63) is 120 Å². The lowest BCUT2D eigenvalue weighted by molar-refractivity contribution is 0.0951. The van der Waals surface area contributed by atoms with Crippen molar-refractivity contribution >= 4 is 5.91 Å². The lowest BCUT2D eigenvalue weighted by Crippen LogP contribution is -2.25. The van der Waals surface area contributed by atoms with Crippen LogP contribution in [-0.4, -0.2) is 21.9 Å². The Morgan fingerprint density at radius 1 is 0.939 bits per heavy atom. The first-order chi connectivity index (χ1) is 16.2. The molecule has 33 heavy (non-hydrogen) atoms. The van der Waals surface area contributed by atoms with Crippen LogP contribution >= 0.6 is 0 Å². The summed E-state index contributed by atoms with van der Waals surface area (Å²) in [6.07, 6.45) is 10.0. The van der Waals surface area contributed by atoms with E-state index >= 15 is 0 Å². The van der Waals surface area contributed by atoms with Crippen molar-refractivity contribution in [2.75, 3.05) is 0 Å². The third kappa shape index (κ3) is 4.98. The normalized spacial score (nSPS) is 13.2. The largest absolute Gasteiger partial charge is 0.349 e. The number of hydrogen-bond donors (Lipinski definition) is 1. The molecule has 2 aromatic heterocycles. The van der Waals surface area contributed by atoms with Crippen LogP contribution < -0.4 is 5.32 Å². The number of benzene rings is 2. The molecule has 4 aromatic rings. The van der Waals surface area contributed by atoms with E-state index in [1.54, 1.807) is 30.6 Å². The second-order valence-corrected chi connectivity index (χ2v) is 8.46. The zero-order valence-corrected chi connectivity index (χ0v) is 18.1. The van der Waals surface area contributed by atoms with Crippen LogP contribution in [0.15, 0.2) is 91.5 Å². The first kappa shape index (κ1) is 21.0. The number of rotatable bonds is 7. The summed E-state index contributed by atoms with van der Waals surface area (Å²) in [5, 5.41) is 3.00. The van der Waals surface area contributed by atoms with Crippen molar-refractivity contribution in [3.63, 3.8) is 0 Å². The van der Waals surface area contributed by atoms with Crippen molar-refractivity contribution in [2.24, 2.45) is 0 Å².